The minimum atomic E-state index is -4.62. The lowest BCUT2D eigenvalue weighted by Crippen LogP contribution is -2.29. The summed E-state index contributed by atoms with van der Waals surface area (Å²) in [6, 6.07) is 7.30. The normalized spacial score (nSPS) is 13.2. The summed E-state index contributed by atoms with van der Waals surface area (Å²) in [6.07, 6.45) is -3.16. The van der Waals surface area contributed by atoms with Crippen LogP contribution in [0.1, 0.15) is 20.8 Å². The zero-order valence-electron chi connectivity index (χ0n) is 17.3. The molecule has 166 valence electrons. The smallest absolute Gasteiger partial charge is 0.389 e. The Morgan fingerprint density at radius 2 is 1.84 bits per heavy atom. The zero-order chi connectivity index (χ0) is 23.2. The third kappa shape index (κ3) is 7.49. The average molecular weight is 437 g/mol. The molecule has 1 heterocycles. The molecular formula is C21H23F4N5O. The quantitative estimate of drug-likeness (QED) is 0.310. The van der Waals surface area contributed by atoms with Gasteiger partial charge >= 0.3 is 6.18 Å². The van der Waals surface area contributed by atoms with Gasteiger partial charge in [0, 0.05) is 24.5 Å². The van der Waals surface area contributed by atoms with E-state index in [2.05, 4.69) is 32.3 Å². The van der Waals surface area contributed by atoms with Crippen molar-refractivity contribution in [3.63, 3.8) is 0 Å². The lowest BCUT2D eigenvalue weighted by atomic mass is 10.1. The Kier molecular flexibility index (Phi) is 7.50. The van der Waals surface area contributed by atoms with Crippen molar-refractivity contribution in [2.24, 2.45) is 4.99 Å². The Morgan fingerprint density at radius 3 is 2.42 bits per heavy atom. The Hall–Kier alpha value is -3.27. The molecule has 2 rings (SSSR count). The number of aliphatic imine (C=N–C) groups is 1. The summed E-state index contributed by atoms with van der Waals surface area (Å²) in [5.41, 5.74) is -1.84. The third-order valence-electron chi connectivity index (χ3n) is 3.80. The summed E-state index contributed by atoms with van der Waals surface area (Å²) >= 11 is 0. The second kappa shape index (κ2) is 9.69. The van der Waals surface area contributed by atoms with Gasteiger partial charge in [-0.25, -0.2) is 14.4 Å². The van der Waals surface area contributed by atoms with E-state index >= 15 is 0 Å². The van der Waals surface area contributed by atoms with Crippen molar-refractivity contribution >= 4 is 18.4 Å². The van der Waals surface area contributed by atoms with Crippen LogP contribution in [0.2, 0.25) is 0 Å². The van der Waals surface area contributed by atoms with Crippen molar-refractivity contribution < 1.29 is 22.7 Å². The van der Waals surface area contributed by atoms with Gasteiger partial charge in [0.15, 0.2) is 5.82 Å². The van der Waals surface area contributed by atoms with Crippen molar-refractivity contribution in [2.75, 3.05) is 17.2 Å². The van der Waals surface area contributed by atoms with Gasteiger partial charge in [0.25, 0.3) is 0 Å². The number of halogens is 4. The number of aromatic nitrogens is 2. The number of rotatable bonds is 8. The maximum absolute atomic E-state index is 14.2. The highest BCUT2D eigenvalue weighted by molar-refractivity contribution is 5.62. The molecule has 6 nitrogen and oxygen atoms in total. The first-order valence-corrected chi connectivity index (χ1v) is 9.18. The number of alkyl halides is 3. The van der Waals surface area contributed by atoms with Crippen LogP contribution in [0.3, 0.4) is 0 Å². The highest BCUT2D eigenvalue weighted by Gasteiger charge is 2.32. The SMILES string of the molecule is C=N/C=C(\C=C(/C)Nc1cc(NCC(C)(C)O)nc(-c2ccccc2F)n1)C(F)(F)F. The van der Waals surface area contributed by atoms with E-state index in [1.807, 2.05) is 0 Å². The van der Waals surface area contributed by atoms with Crippen molar-refractivity contribution in [2.45, 2.75) is 32.5 Å². The molecule has 0 aliphatic rings. The molecule has 0 amide bonds. The van der Waals surface area contributed by atoms with Gasteiger partial charge in [0.1, 0.15) is 17.5 Å². The van der Waals surface area contributed by atoms with Gasteiger partial charge in [-0.05, 0) is 45.7 Å². The van der Waals surface area contributed by atoms with Crippen LogP contribution in [0.15, 0.2) is 58.9 Å². The second-order valence-corrected chi connectivity index (χ2v) is 7.32. The molecule has 0 aliphatic heterocycles. The monoisotopic (exact) mass is 437 g/mol. The van der Waals surface area contributed by atoms with Crippen LogP contribution < -0.4 is 10.6 Å². The number of hydrogen-bond donors (Lipinski definition) is 3. The molecule has 0 radical (unpaired) electrons. The molecule has 31 heavy (non-hydrogen) atoms. The van der Waals surface area contributed by atoms with Crippen LogP contribution in [0.4, 0.5) is 29.2 Å². The molecule has 10 heteroatoms. The molecule has 0 aliphatic carbocycles. The topological polar surface area (TPSA) is 82.4 Å². The van der Waals surface area contributed by atoms with E-state index in [9.17, 15) is 22.7 Å². The number of hydrogen-bond acceptors (Lipinski definition) is 6. The largest absolute Gasteiger partial charge is 0.417 e. The summed E-state index contributed by atoms with van der Waals surface area (Å²) < 4.78 is 53.5. The molecular weight excluding hydrogens is 414 g/mol. The van der Waals surface area contributed by atoms with Gasteiger partial charge in [0.2, 0.25) is 0 Å². The Bertz CT molecular complexity index is 994. The molecule has 0 unspecified atom stereocenters. The number of allylic oxidation sites excluding steroid dienone is 3. The lowest BCUT2D eigenvalue weighted by molar-refractivity contribution is -0.0884. The highest BCUT2D eigenvalue weighted by Crippen LogP contribution is 2.28. The molecule has 1 aromatic heterocycles. The summed E-state index contributed by atoms with van der Waals surface area (Å²) in [5, 5.41) is 15.6. The van der Waals surface area contributed by atoms with Gasteiger partial charge < -0.3 is 15.7 Å². The molecule has 0 spiro atoms. The number of anilines is 2. The summed E-state index contributed by atoms with van der Waals surface area (Å²) in [6.45, 7) is 7.76. The standard InChI is InChI=1S/C21H23F4N5O/c1-13(9-14(11-26-4)21(23,24)25)28-18-10-17(27-12-20(2,3)31)29-19(30-18)15-7-5-6-8-16(15)22/h5-11,31H,4,12H2,1-3H3,(H2,27,28,29,30)/b13-9+,14-11+. The Balaban J connectivity index is 2.44. The van der Waals surface area contributed by atoms with Gasteiger partial charge in [-0.1, -0.05) is 12.1 Å². The van der Waals surface area contributed by atoms with Gasteiger partial charge in [-0.15, -0.1) is 0 Å². The molecule has 1 aromatic carbocycles. The maximum Gasteiger partial charge on any atom is 0.417 e. The third-order valence-corrected chi connectivity index (χ3v) is 3.80. The van der Waals surface area contributed by atoms with E-state index in [1.165, 1.54) is 31.2 Å². The Labute approximate surface area is 177 Å². The molecule has 3 N–H and O–H groups in total. The van der Waals surface area contributed by atoms with Crippen molar-refractivity contribution in [1.82, 2.24) is 9.97 Å². The minimum Gasteiger partial charge on any atom is -0.389 e. The maximum atomic E-state index is 14.2. The number of nitrogens with one attached hydrogen (secondary N) is 2. The zero-order valence-corrected chi connectivity index (χ0v) is 17.3. The minimum absolute atomic E-state index is 0.0218. The summed E-state index contributed by atoms with van der Waals surface area (Å²) in [4.78, 5) is 11.7. The van der Waals surface area contributed by atoms with Crippen LogP contribution in [0.25, 0.3) is 11.4 Å². The summed E-state index contributed by atoms with van der Waals surface area (Å²) in [5.74, 6) is -0.147. The predicted molar refractivity (Wildman–Crippen MR) is 113 cm³/mol. The molecule has 2 aromatic rings. The van der Waals surface area contributed by atoms with Crippen LogP contribution >= 0.6 is 0 Å². The molecule has 0 saturated heterocycles. The molecule has 0 saturated carbocycles. The van der Waals surface area contributed by atoms with E-state index in [4.69, 9.17) is 0 Å². The van der Waals surface area contributed by atoms with E-state index in [1.54, 1.807) is 19.9 Å². The van der Waals surface area contributed by atoms with Crippen molar-refractivity contribution in [1.29, 1.82) is 0 Å². The van der Waals surface area contributed by atoms with Crippen molar-refractivity contribution in [3.8, 4) is 11.4 Å². The predicted octanol–water partition coefficient (Wildman–Crippen LogP) is 4.93. The average Bonchev–Trinajstić information content (AvgIpc) is 2.65. The highest BCUT2D eigenvalue weighted by atomic mass is 19.4. The van der Waals surface area contributed by atoms with E-state index in [0.717, 1.165) is 6.08 Å². The number of aliphatic hydroxyl groups is 1. The van der Waals surface area contributed by atoms with Crippen LogP contribution in [-0.2, 0) is 0 Å². The number of nitrogens with zero attached hydrogens (tertiary/aromatic N) is 3. The molecule has 0 fully saturated rings. The molecule has 0 atom stereocenters. The fraction of sp³-hybridized carbons (Fsp3) is 0.286. The van der Waals surface area contributed by atoms with Crippen molar-refractivity contribution in [3.05, 3.63) is 59.7 Å². The Morgan fingerprint density at radius 1 is 1.19 bits per heavy atom. The lowest BCUT2D eigenvalue weighted by Gasteiger charge is -2.19. The second-order valence-electron chi connectivity index (χ2n) is 7.32. The van der Waals surface area contributed by atoms with Crippen LogP contribution in [0, 0.1) is 5.82 Å². The van der Waals surface area contributed by atoms with E-state index < -0.39 is 23.2 Å². The fourth-order valence-corrected chi connectivity index (χ4v) is 2.43. The van der Waals surface area contributed by atoms with E-state index in [-0.39, 0.29) is 35.3 Å². The van der Waals surface area contributed by atoms with E-state index in [0.29, 0.717) is 6.20 Å². The first-order valence-electron chi connectivity index (χ1n) is 9.18. The summed E-state index contributed by atoms with van der Waals surface area (Å²) in [7, 11) is 0. The molecule has 0 bridgehead atoms. The van der Waals surface area contributed by atoms with Gasteiger partial charge in [-0.2, -0.15) is 13.2 Å². The van der Waals surface area contributed by atoms with Gasteiger partial charge in [-0.3, -0.25) is 4.99 Å². The van der Waals surface area contributed by atoms with Crippen LogP contribution in [-0.4, -0.2) is 40.1 Å². The van der Waals surface area contributed by atoms with Gasteiger partial charge in [0.05, 0.1) is 16.7 Å². The first-order chi connectivity index (χ1) is 14.4. The number of benzene rings is 1. The first kappa shape index (κ1) is 24.0. The fourth-order valence-electron chi connectivity index (χ4n) is 2.43. The van der Waals surface area contributed by atoms with Crippen LogP contribution in [0.5, 0.6) is 0 Å².